The topological polar surface area (TPSA) is 64.0 Å². The van der Waals surface area contributed by atoms with Crippen molar-refractivity contribution in [1.82, 2.24) is 9.55 Å². The third-order valence-corrected chi connectivity index (χ3v) is 3.80. The summed E-state index contributed by atoms with van der Waals surface area (Å²) >= 11 is 0. The largest absolute Gasteiger partial charge is 0.418 e. The maximum Gasteiger partial charge on any atom is 0.418 e. The highest BCUT2D eigenvalue weighted by Gasteiger charge is 2.33. The van der Waals surface area contributed by atoms with Crippen LogP contribution in [0.4, 0.5) is 18.9 Å². The molecule has 0 aliphatic heterocycles. The Morgan fingerprint density at radius 2 is 1.92 bits per heavy atom. The van der Waals surface area contributed by atoms with Crippen LogP contribution in [0, 0.1) is 6.92 Å². The van der Waals surface area contributed by atoms with Crippen LogP contribution in [0.5, 0.6) is 0 Å². The number of aryl methyl sites for hydroxylation is 1. The molecule has 0 saturated heterocycles. The number of rotatable bonds is 3. The quantitative estimate of drug-likeness (QED) is 0.778. The van der Waals surface area contributed by atoms with Gasteiger partial charge in [-0.15, -0.1) is 0 Å². The predicted octanol–water partition coefficient (Wildman–Crippen LogP) is 3.36. The van der Waals surface area contributed by atoms with E-state index >= 15 is 0 Å². The van der Waals surface area contributed by atoms with Gasteiger partial charge in [-0.2, -0.15) is 13.2 Å². The van der Waals surface area contributed by atoms with Gasteiger partial charge in [-0.25, -0.2) is 4.98 Å². The van der Waals surface area contributed by atoms with Gasteiger partial charge in [0.15, 0.2) is 0 Å². The molecular formula is C18H14F3N3O2. The Balaban J connectivity index is 1.87. The van der Waals surface area contributed by atoms with Crippen molar-refractivity contribution in [3.05, 3.63) is 70.3 Å². The number of alkyl halides is 3. The zero-order valence-electron chi connectivity index (χ0n) is 13.7. The minimum Gasteiger partial charge on any atom is -0.324 e. The number of aromatic nitrogens is 2. The third kappa shape index (κ3) is 3.58. The zero-order chi connectivity index (χ0) is 18.9. The Labute approximate surface area is 146 Å². The van der Waals surface area contributed by atoms with Crippen molar-refractivity contribution < 1.29 is 18.0 Å². The normalized spacial score (nSPS) is 11.5. The van der Waals surface area contributed by atoms with Crippen LogP contribution < -0.4 is 10.9 Å². The van der Waals surface area contributed by atoms with Crippen LogP contribution in [-0.4, -0.2) is 15.5 Å². The molecule has 2 aromatic carbocycles. The number of anilines is 1. The van der Waals surface area contributed by atoms with Crippen LogP contribution in [-0.2, 0) is 17.5 Å². The van der Waals surface area contributed by atoms with E-state index in [0.717, 1.165) is 22.3 Å². The number of hydrogen-bond donors (Lipinski definition) is 1. The van der Waals surface area contributed by atoms with Gasteiger partial charge in [0.25, 0.3) is 5.56 Å². The third-order valence-electron chi connectivity index (χ3n) is 3.80. The first-order valence-corrected chi connectivity index (χ1v) is 7.67. The maximum atomic E-state index is 13.0. The van der Waals surface area contributed by atoms with Crippen molar-refractivity contribution in [2.24, 2.45) is 0 Å². The lowest BCUT2D eigenvalue weighted by atomic mass is 10.1. The second kappa shape index (κ2) is 6.62. The van der Waals surface area contributed by atoms with Crippen molar-refractivity contribution in [3.8, 4) is 0 Å². The molecule has 5 nitrogen and oxygen atoms in total. The predicted molar refractivity (Wildman–Crippen MR) is 90.8 cm³/mol. The number of benzene rings is 2. The Morgan fingerprint density at radius 3 is 2.65 bits per heavy atom. The lowest BCUT2D eigenvalue weighted by Gasteiger charge is -2.14. The Kier molecular flexibility index (Phi) is 4.50. The maximum absolute atomic E-state index is 13.0. The fraction of sp³-hybridized carbons (Fsp3) is 0.167. The van der Waals surface area contributed by atoms with E-state index in [1.165, 1.54) is 18.5 Å². The molecule has 3 rings (SSSR count). The van der Waals surface area contributed by atoms with Crippen molar-refractivity contribution in [3.63, 3.8) is 0 Å². The average Bonchev–Trinajstić information content (AvgIpc) is 2.57. The van der Waals surface area contributed by atoms with Crippen LogP contribution >= 0.6 is 0 Å². The summed E-state index contributed by atoms with van der Waals surface area (Å²) in [5.74, 6) is -0.752. The van der Waals surface area contributed by atoms with E-state index in [4.69, 9.17) is 0 Å². The van der Waals surface area contributed by atoms with Gasteiger partial charge >= 0.3 is 6.18 Å². The van der Waals surface area contributed by atoms with Crippen LogP contribution in [0.25, 0.3) is 10.9 Å². The van der Waals surface area contributed by atoms with E-state index in [-0.39, 0.29) is 5.69 Å². The van der Waals surface area contributed by atoms with Crippen molar-refractivity contribution in [2.45, 2.75) is 19.6 Å². The number of nitrogens with one attached hydrogen (secondary N) is 1. The summed E-state index contributed by atoms with van der Waals surface area (Å²) < 4.78 is 40.0. The van der Waals surface area contributed by atoms with Gasteiger partial charge in [-0.1, -0.05) is 23.8 Å². The van der Waals surface area contributed by atoms with Crippen LogP contribution in [0.1, 0.15) is 11.1 Å². The molecular weight excluding hydrogens is 347 g/mol. The molecule has 0 atom stereocenters. The first-order chi connectivity index (χ1) is 12.3. The molecule has 0 fully saturated rings. The fourth-order valence-electron chi connectivity index (χ4n) is 2.57. The summed E-state index contributed by atoms with van der Waals surface area (Å²) in [5, 5.41) is 2.55. The number of halogens is 3. The highest BCUT2D eigenvalue weighted by molar-refractivity contribution is 5.91. The smallest absolute Gasteiger partial charge is 0.324 e. The highest BCUT2D eigenvalue weighted by atomic mass is 19.4. The number of carbonyl (C=O) groups is 1. The lowest BCUT2D eigenvalue weighted by molar-refractivity contribution is -0.137. The molecule has 0 spiro atoms. The molecule has 1 aromatic heterocycles. The number of para-hydroxylation sites is 1. The molecule has 0 unspecified atom stereocenters. The van der Waals surface area contributed by atoms with Crippen molar-refractivity contribution in [1.29, 1.82) is 0 Å². The molecule has 0 bridgehead atoms. The summed E-state index contributed by atoms with van der Waals surface area (Å²) in [5.41, 5.74) is -0.397. The molecule has 1 heterocycles. The first-order valence-electron chi connectivity index (χ1n) is 7.67. The molecule has 26 heavy (non-hydrogen) atoms. The van der Waals surface area contributed by atoms with Gasteiger partial charge in [-0.3, -0.25) is 14.2 Å². The van der Waals surface area contributed by atoms with E-state index in [9.17, 15) is 22.8 Å². The number of amides is 1. The van der Waals surface area contributed by atoms with Crippen LogP contribution in [0.15, 0.2) is 53.6 Å². The number of nitrogens with zero attached hydrogens (tertiary/aromatic N) is 2. The molecule has 0 radical (unpaired) electrons. The fourth-order valence-corrected chi connectivity index (χ4v) is 2.57. The SMILES string of the molecule is Cc1ccc2ncn(CC(=O)Nc3ccccc3C(F)(F)F)c(=O)c2c1. The van der Waals surface area contributed by atoms with Gasteiger partial charge in [0, 0.05) is 0 Å². The van der Waals surface area contributed by atoms with E-state index in [1.807, 2.05) is 6.92 Å². The van der Waals surface area contributed by atoms with Crippen LogP contribution in [0.2, 0.25) is 0 Å². The molecule has 3 aromatic rings. The molecule has 134 valence electrons. The van der Waals surface area contributed by atoms with Gasteiger partial charge in [0.2, 0.25) is 5.91 Å². The zero-order valence-corrected chi connectivity index (χ0v) is 13.7. The van der Waals surface area contributed by atoms with Gasteiger partial charge in [-0.05, 0) is 31.2 Å². The van der Waals surface area contributed by atoms with Gasteiger partial charge < -0.3 is 5.32 Å². The van der Waals surface area contributed by atoms with Crippen molar-refractivity contribution >= 4 is 22.5 Å². The Hall–Kier alpha value is -3.16. The number of fused-ring (bicyclic) bond motifs is 1. The summed E-state index contributed by atoms with van der Waals surface area (Å²) in [7, 11) is 0. The minimum atomic E-state index is -4.59. The molecule has 0 saturated carbocycles. The van der Waals surface area contributed by atoms with Crippen LogP contribution in [0.3, 0.4) is 0 Å². The molecule has 0 aliphatic rings. The summed E-state index contributed by atoms with van der Waals surface area (Å²) in [6, 6.07) is 9.80. The Bertz CT molecular complexity index is 1040. The van der Waals surface area contributed by atoms with E-state index < -0.39 is 29.8 Å². The van der Waals surface area contributed by atoms with E-state index in [0.29, 0.717) is 10.9 Å². The summed E-state index contributed by atoms with van der Waals surface area (Å²) in [6.45, 7) is 1.37. The van der Waals surface area contributed by atoms with Gasteiger partial charge in [0.1, 0.15) is 6.54 Å². The first kappa shape index (κ1) is 17.7. The monoisotopic (exact) mass is 361 g/mol. The van der Waals surface area contributed by atoms with E-state index in [1.54, 1.807) is 18.2 Å². The molecule has 1 amide bonds. The number of hydrogen-bond acceptors (Lipinski definition) is 3. The Morgan fingerprint density at radius 1 is 1.19 bits per heavy atom. The minimum absolute atomic E-state index is 0.344. The second-order valence-electron chi connectivity index (χ2n) is 5.79. The molecule has 1 N–H and O–H groups in total. The van der Waals surface area contributed by atoms with Crippen molar-refractivity contribution in [2.75, 3.05) is 5.32 Å². The summed E-state index contributed by atoms with van der Waals surface area (Å²) in [6.07, 6.45) is -3.39. The highest BCUT2D eigenvalue weighted by Crippen LogP contribution is 2.34. The van der Waals surface area contributed by atoms with Gasteiger partial charge in [0.05, 0.1) is 28.5 Å². The number of carbonyl (C=O) groups excluding carboxylic acids is 1. The molecule has 8 heteroatoms. The van der Waals surface area contributed by atoms with E-state index in [2.05, 4.69) is 10.3 Å². The average molecular weight is 361 g/mol. The second-order valence-corrected chi connectivity index (χ2v) is 5.79. The lowest BCUT2D eigenvalue weighted by Crippen LogP contribution is -2.28. The summed E-state index contributed by atoms with van der Waals surface area (Å²) in [4.78, 5) is 28.7. The standard InChI is InChI=1S/C18H14F3N3O2/c1-11-6-7-14-12(8-11)17(26)24(10-22-14)9-16(25)23-15-5-3-2-4-13(15)18(19,20)21/h2-8,10H,9H2,1H3,(H,23,25). The molecule has 0 aliphatic carbocycles.